The van der Waals surface area contributed by atoms with E-state index in [9.17, 15) is 0 Å². The summed E-state index contributed by atoms with van der Waals surface area (Å²) in [6.07, 6.45) is 2.04. The summed E-state index contributed by atoms with van der Waals surface area (Å²) >= 11 is 0. The number of nitrogens with zero attached hydrogens (tertiary/aromatic N) is 3. The Morgan fingerprint density at radius 1 is 0.947 bits per heavy atom. The van der Waals surface area contributed by atoms with E-state index in [1.54, 1.807) is 0 Å². The van der Waals surface area contributed by atoms with E-state index in [1.165, 1.54) is 0 Å². The van der Waals surface area contributed by atoms with Crippen molar-refractivity contribution < 1.29 is 4.57 Å². The normalized spacial score (nSPS) is 10.6. The third kappa shape index (κ3) is 2.27. The average molecular weight is 250 g/mol. The first kappa shape index (κ1) is 11.7. The first-order chi connectivity index (χ1) is 9.38. The van der Waals surface area contributed by atoms with Gasteiger partial charge in [-0.05, 0) is 31.2 Å². The Kier molecular flexibility index (Phi) is 3.11. The van der Waals surface area contributed by atoms with Crippen molar-refractivity contribution in [2.24, 2.45) is 0 Å². The van der Waals surface area contributed by atoms with Gasteiger partial charge in [0.15, 0.2) is 0 Å². The van der Waals surface area contributed by atoms with Gasteiger partial charge in [0.25, 0.3) is 0 Å². The van der Waals surface area contributed by atoms with Crippen LogP contribution in [0.25, 0.3) is 17.1 Å². The zero-order valence-electron chi connectivity index (χ0n) is 10.9. The van der Waals surface area contributed by atoms with Crippen LogP contribution in [-0.2, 0) is 6.54 Å². The van der Waals surface area contributed by atoms with Crippen molar-refractivity contribution in [3.8, 4) is 17.1 Å². The molecule has 0 atom stereocenters. The SMILES string of the molecule is CCn1c[n+](-c2ccccc2)c(-c2ccccc2)n1. The molecule has 3 rings (SSSR count). The van der Waals surface area contributed by atoms with E-state index in [-0.39, 0.29) is 0 Å². The molecule has 0 aliphatic rings. The molecular formula is C16H16N3+. The molecule has 1 aromatic heterocycles. The van der Waals surface area contributed by atoms with Crippen LogP contribution in [0.15, 0.2) is 67.0 Å². The van der Waals surface area contributed by atoms with E-state index in [0.717, 1.165) is 23.6 Å². The second-order valence-electron chi connectivity index (χ2n) is 4.37. The van der Waals surface area contributed by atoms with Gasteiger partial charge in [0.2, 0.25) is 6.33 Å². The van der Waals surface area contributed by atoms with Gasteiger partial charge in [-0.3, -0.25) is 0 Å². The van der Waals surface area contributed by atoms with Crippen molar-refractivity contribution >= 4 is 0 Å². The minimum Gasteiger partial charge on any atom is -0.197 e. The van der Waals surface area contributed by atoms with Crippen LogP contribution < -0.4 is 4.57 Å². The third-order valence-corrected chi connectivity index (χ3v) is 3.09. The molecule has 2 aromatic carbocycles. The largest absolute Gasteiger partial charge is 0.313 e. The summed E-state index contributed by atoms with van der Waals surface area (Å²) < 4.78 is 4.08. The summed E-state index contributed by atoms with van der Waals surface area (Å²) in [5.74, 6) is 0.966. The van der Waals surface area contributed by atoms with E-state index < -0.39 is 0 Å². The van der Waals surface area contributed by atoms with Crippen LogP contribution in [0.2, 0.25) is 0 Å². The van der Waals surface area contributed by atoms with Gasteiger partial charge in [-0.1, -0.05) is 36.4 Å². The molecule has 3 heteroatoms. The number of aromatic nitrogens is 3. The van der Waals surface area contributed by atoms with Crippen LogP contribution in [0.3, 0.4) is 0 Å². The molecule has 0 amide bonds. The molecule has 3 nitrogen and oxygen atoms in total. The molecule has 0 radical (unpaired) electrons. The molecule has 3 aromatic rings. The van der Waals surface area contributed by atoms with Gasteiger partial charge in [-0.15, -0.1) is 4.68 Å². The first-order valence-electron chi connectivity index (χ1n) is 6.48. The Bertz CT molecular complexity index is 600. The minimum atomic E-state index is 0.861. The fraction of sp³-hybridized carbons (Fsp3) is 0.125. The van der Waals surface area contributed by atoms with Crippen LogP contribution in [-0.4, -0.2) is 9.78 Å². The Balaban J connectivity index is 2.17. The van der Waals surface area contributed by atoms with Gasteiger partial charge in [-0.2, -0.15) is 4.57 Å². The molecule has 0 aliphatic carbocycles. The van der Waals surface area contributed by atoms with Gasteiger partial charge in [0, 0.05) is 5.10 Å². The predicted molar refractivity (Wildman–Crippen MR) is 74.9 cm³/mol. The summed E-state index contributed by atoms with van der Waals surface area (Å²) in [5, 5.41) is 4.65. The van der Waals surface area contributed by atoms with Gasteiger partial charge < -0.3 is 0 Å². The number of hydrogen-bond donors (Lipinski definition) is 0. The second-order valence-corrected chi connectivity index (χ2v) is 4.37. The van der Waals surface area contributed by atoms with Crippen molar-refractivity contribution in [1.82, 2.24) is 9.78 Å². The van der Waals surface area contributed by atoms with Crippen molar-refractivity contribution in [2.45, 2.75) is 13.5 Å². The average Bonchev–Trinajstić information content (AvgIpc) is 2.93. The zero-order chi connectivity index (χ0) is 13.1. The van der Waals surface area contributed by atoms with E-state index >= 15 is 0 Å². The molecule has 0 unspecified atom stereocenters. The van der Waals surface area contributed by atoms with Crippen molar-refractivity contribution in [3.63, 3.8) is 0 Å². The molecule has 0 fully saturated rings. The smallest absolute Gasteiger partial charge is 0.197 e. The van der Waals surface area contributed by atoms with Crippen LogP contribution in [0, 0.1) is 0 Å². The summed E-state index contributed by atoms with van der Waals surface area (Å²) in [6, 6.07) is 20.6. The van der Waals surface area contributed by atoms with E-state index in [4.69, 9.17) is 0 Å². The predicted octanol–water partition coefficient (Wildman–Crippen LogP) is 2.85. The van der Waals surface area contributed by atoms with Crippen LogP contribution in [0.5, 0.6) is 0 Å². The highest BCUT2D eigenvalue weighted by Gasteiger charge is 2.19. The molecule has 19 heavy (non-hydrogen) atoms. The summed E-state index contributed by atoms with van der Waals surface area (Å²) in [4.78, 5) is 0. The lowest BCUT2D eigenvalue weighted by atomic mass is 10.2. The third-order valence-electron chi connectivity index (χ3n) is 3.09. The first-order valence-corrected chi connectivity index (χ1v) is 6.48. The molecule has 0 N–H and O–H groups in total. The maximum atomic E-state index is 4.65. The molecule has 0 aliphatic heterocycles. The molecule has 94 valence electrons. The highest BCUT2D eigenvalue weighted by molar-refractivity contribution is 5.51. The highest BCUT2D eigenvalue weighted by atomic mass is 15.4. The Morgan fingerprint density at radius 3 is 2.21 bits per heavy atom. The fourth-order valence-corrected chi connectivity index (χ4v) is 2.10. The number of para-hydroxylation sites is 1. The minimum absolute atomic E-state index is 0.861. The molecule has 1 heterocycles. The van der Waals surface area contributed by atoms with Crippen LogP contribution >= 0.6 is 0 Å². The Hall–Kier alpha value is -2.42. The molecule has 0 saturated carbocycles. The lowest BCUT2D eigenvalue weighted by Gasteiger charge is -1.99. The standard InChI is InChI=1S/C16H16N3/c1-2-18-13-19(15-11-7-4-8-12-15)16(17-18)14-9-5-3-6-10-14/h3-13H,2H2,1H3/q+1. The van der Waals surface area contributed by atoms with Crippen molar-refractivity contribution in [2.75, 3.05) is 0 Å². The monoisotopic (exact) mass is 250 g/mol. The van der Waals surface area contributed by atoms with Gasteiger partial charge in [-0.25, -0.2) is 0 Å². The lowest BCUT2D eigenvalue weighted by Crippen LogP contribution is -2.30. The number of hydrogen-bond acceptors (Lipinski definition) is 1. The van der Waals surface area contributed by atoms with E-state index in [2.05, 4.69) is 40.9 Å². The quantitative estimate of drug-likeness (QED) is 0.655. The summed E-state index contributed by atoms with van der Waals surface area (Å²) in [7, 11) is 0. The topological polar surface area (TPSA) is 21.7 Å². The maximum absolute atomic E-state index is 4.65. The molecule has 0 bridgehead atoms. The highest BCUT2D eigenvalue weighted by Crippen LogP contribution is 2.14. The number of aryl methyl sites for hydroxylation is 1. The van der Waals surface area contributed by atoms with E-state index in [0.29, 0.717) is 0 Å². The molecule has 0 saturated heterocycles. The number of rotatable bonds is 3. The Morgan fingerprint density at radius 2 is 1.58 bits per heavy atom. The van der Waals surface area contributed by atoms with Gasteiger partial charge in [0.1, 0.15) is 12.2 Å². The van der Waals surface area contributed by atoms with Gasteiger partial charge >= 0.3 is 5.82 Å². The Labute approximate surface area is 112 Å². The maximum Gasteiger partial charge on any atom is 0.313 e. The molecule has 0 spiro atoms. The zero-order valence-corrected chi connectivity index (χ0v) is 10.9. The summed E-state index contributed by atoms with van der Waals surface area (Å²) in [5.41, 5.74) is 2.25. The van der Waals surface area contributed by atoms with Crippen molar-refractivity contribution in [3.05, 3.63) is 67.0 Å². The van der Waals surface area contributed by atoms with E-state index in [1.807, 2.05) is 47.4 Å². The van der Waals surface area contributed by atoms with Crippen LogP contribution in [0.4, 0.5) is 0 Å². The molecular weight excluding hydrogens is 234 g/mol. The number of benzene rings is 2. The summed E-state index contributed by atoms with van der Waals surface area (Å²) in [6.45, 7) is 2.96. The van der Waals surface area contributed by atoms with Gasteiger partial charge in [0.05, 0.1) is 5.56 Å². The fourth-order valence-electron chi connectivity index (χ4n) is 2.10. The van der Waals surface area contributed by atoms with Crippen molar-refractivity contribution in [1.29, 1.82) is 0 Å². The second kappa shape index (κ2) is 5.06. The van der Waals surface area contributed by atoms with Crippen LogP contribution in [0.1, 0.15) is 6.92 Å². The lowest BCUT2D eigenvalue weighted by molar-refractivity contribution is -0.584.